The lowest BCUT2D eigenvalue weighted by atomic mass is 9.96. The summed E-state index contributed by atoms with van der Waals surface area (Å²) in [6.07, 6.45) is 0.418. The molecule has 0 radical (unpaired) electrons. The minimum Gasteiger partial charge on any atom is -0.377 e. The second-order valence-electron chi connectivity index (χ2n) is 8.46. The van der Waals surface area contributed by atoms with Crippen molar-refractivity contribution in [3.8, 4) is 0 Å². The van der Waals surface area contributed by atoms with Gasteiger partial charge in [0.2, 0.25) is 0 Å². The lowest BCUT2D eigenvalue weighted by molar-refractivity contribution is -0.276. The second kappa shape index (κ2) is 15.9. The van der Waals surface area contributed by atoms with Gasteiger partial charge in [0.1, 0.15) is 0 Å². The van der Waals surface area contributed by atoms with Gasteiger partial charge in [0.25, 0.3) is 0 Å². The van der Waals surface area contributed by atoms with Crippen molar-refractivity contribution in [3.05, 3.63) is 0 Å². The van der Waals surface area contributed by atoms with E-state index in [4.69, 9.17) is 14.5 Å². The highest BCUT2D eigenvalue weighted by molar-refractivity contribution is 5.89. The Labute approximate surface area is 203 Å². The Morgan fingerprint density at radius 1 is 0.618 bits per heavy atom. The van der Waals surface area contributed by atoms with Crippen LogP contribution in [0.1, 0.15) is 52.9 Å². The molecule has 0 bridgehead atoms. The zero-order valence-corrected chi connectivity index (χ0v) is 22.2. The first-order valence-electron chi connectivity index (χ1n) is 11.5. The number of nitrogens with zero attached hydrogens (tertiary/aromatic N) is 6. The molecule has 13 nitrogen and oxygen atoms in total. The Balaban J connectivity index is 5.73. The van der Waals surface area contributed by atoms with Crippen molar-refractivity contribution in [2.24, 2.45) is 0 Å². The molecule has 0 amide bonds. The summed E-state index contributed by atoms with van der Waals surface area (Å²) in [5.41, 5.74) is -2.51. The van der Waals surface area contributed by atoms with Crippen LogP contribution >= 0.6 is 0 Å². The minimum atomic E-state index is -2.51. The quantitative estimate of drug-likeness (QED) is 0.283. The number of hydrogen-bond acceptors (Lipinski definition) is 13. The summed E-state index contributed by atoms with van der Waals surface area (Å²) < 4.78 is 0. The molecule has 0 rings (SSSR count). The molecule has 0 fully saturated rings. The average Bonchev–Trinajstić information content (AvgIpc) is 2.72. The molecule has 0 unspecified atom stereocenters. The van der Waals surface area contributed by atoms with E-state index in [-0.39, 0.29) is 0 Å². The monoisotopic (exact) mass is 492 g/mol. The van der Waals surface area contributed by atoms with Crippen molar-refractivity contribution in [3.63, 3.8) is 0 Å². The third kappa shape index (κ3) is 11.5. The number of aliphatic hydroxyl groups is 1. The number of rotatable bonds is 17. The van der Waals surface area contributed by atoms with Gasteiger partial charge in [0, 0.05) is 42.3 Å². The van der Waals surface area contributed by atoms with Crippen molar-refractivity contribution >= 4 is 17.9 Å². The van der Waals surface area contributed by atoms with Crippen LogP contribution in [0.2, 0.25) is 0 Å². The minimum absolute atomic E-state index is 0.347. The average molecular weight is 493 g/mol. The molecule has 0 atom stereocenters. The lowest BCUT2D eigenvalue weighted by Crippen LogP contribution is -2.51. The Morgan fingerprint density at radius 2 is 0.912 bits per heavy atom. The number of carbonyl (C=O) groups is 3. The van der Waals surface area contributed by atoms with Gasteiger partial charge in [0.15, 0.2) is 5.60 Å². The first-order chi connectivity index (χ1) is 15.8. The molecule has 0 aromatic rings. The Morgan fingerprint density at radius 3 is 1.18 bits per heavy atom. The van der Waals surface area contributed by atoms with E-state index in [1.165, 1.54) is 20.5 Å². The van der Waals surface area contributed by atoms with E-state index in [0.717, 1.165) is 0 Å². The predicted octanol–water partition coefficient (Wildman–Crippen LogP) is 0.438. The molecule has 200 valence electrons. The van der Waals surface area contributed by atoms with Crippen LogP contribution in [0, 0.1) is 0 Å². The van der Waals surface area contributed by atoms with E-state index in [1.54, 1.807) is 52.3 Å². The van der Waals surface area contributed by atoms with Crippen molar-refractivity contribution in [2.75, 3.05) is 61.9 Å². The standard InChI is InChI=1S/C21H44N6O7/c1-10-13-25(22(4)5)32-18(28)16-21(31,20(30)34-27(15-12-3)24(8)9)17-19(29)33-26(14-11-2)23(6)7/h31H,10-17H2,1-9H3. The summed E-state index contributed by atoms with van der Waals surface area (Å²) in [4.78, 5) is 54.2. The van der Waals surface area contributed by atoms with Gasteiger partial charge >= 0.3 is 17.9 Å². The van der Waals surface area contributed by atoms with Crippen LogP contribution in [0.15, 0.2) is 0 Å². The number of hydroxylamine groups is 3. The van der Waals surface area contributed by atoms with Gasteiger partial charge in [-0.2, -0.15) is 0 Å². The van der Waals surface area contributed by atoms with Crippen molar-refractivity contribution < 1.29 is 34.0 Å². The summed E-state index contributed by atoms with van der Waals surface area (Å²) in [7, 11) is 10.1. The SMILES string of the molecule is CCCN(OC(=O)CC(O)(CC(=O)ON(CCC)N(C)C)C(=O)ON(CCC)N(C)C)N(C)C. The van der Waals surface area contributed by atoms with Gasteiger partial charge in [-0.15, -0.1) is 0 Å². The third-order valence-electron chi connectivity index (χ3n) is 4.44. The highest BCUT2D eigenvalue weighted by atomic mass is 16.8. The van der Waals surface area contributed by atoms with Crippen LogP contribution in [0.25, 0.3) is 0 Å². The molecule has 0 aromatic carbocycles. The number of carbonyl (C=O) groups excluding carboxylic acids is 3. The van der Waals surface area contributed by atoms with Crippen LogP contribution in [0.3, 0.4) is 0 Å². The lowest BCUT2D eigenvalue weighted by Gasteiger charge is -2.32. The van der Waals surface area contributed by atoms with Crippen molar-refractivity contribution in [2.45, 2.75) is 58.5 Å². The van der Waals surface area contributed by atoms with Gasteiger partial charge in [-0.25, -0.2) is 19.8 Å². The molecule has 0 spiro atoms. The molecule has 34 heavy (non-hydrogen) atoms. The van der Waals surface area contributed by atoms with E-state index in [9.17, 15) is 19.5 Å². The molecule has 0 aliphatic heterocycles. The highest BCUT2D eigenvalue weighted by Crippen LogP contribution is 2.22. The molecule has 0 saturated heterocycles. The van der Waals surface area contributed by atoms with Gasteiger partial charge in [-0.3, -0.25) is 9.59 Å². The zero-order valence-electron chi connectivity index (χ0n) is 22.2. The van der Waals surface area contributed by atoms with E-state index in [1.807, 2.05) is 20.8 Å². The predicted molar refractivity (Wildman–Crippen MR) is 125 cm³/mol. The smallest absolute Gasteiger partial charge is 0.359 e. The maximum atomic E-state index is 13.0. The summed E-state index contributed by atoms with van der Waals surface area (Å²) in [5.74, 6) is -2.97. The van der Waals surface area contributed by atoms with E-state index >= 15 is 0 Å². The summed E-state index contributed by atoms with van der Waals surface area (Å²) in [6, 6.07) is 0. The molecule has 0 aromatic heterocycles. The van der Waals surface area contributed by atoms with Crippen LogP contribution in [-0.2, 0) is 28.9 Å². The Kier molecular flexibility index (Phi) is 15.0. The van der Waals surface area contributed by atoms with Crippen LogP contribution in [0.5, 0.6) is 0 Å². The van der Waals surface area contributed by atoms with Gasteiger partial charge in [-0.1, -0.05) is 36.3 Å². The van der Waals surface area contributed by atoms with Gasteiger partial charge < -0.3 is 19.6 Å². The van der Waals surface area contributed by atoms with Gasteiger partial charge in [-0.05, 0) is 19.3 Å². The zero-order chi connectivity index (χ0) is 26.5. The fourth-order valence-electron chi connectivity index (χ4n) is 2.72. The van der Waals surface area contributed by atoms with Crippen LogP contribution in [-0.4, -0.2) is 121 Å². The third-order valence-corrected chi connectivity index (χ3v) is 4.44. The largest absolute Gasteiger partial charge is 0.377 e. The maximum absolute atomic E-state index is 13.0. The molecule has 13 heteroatoms. The van der Waals surface area contributed by atoms with Crippen molar-refractivity contribution in [1.82, 2.24) is 30.5 Å². The van der Waals surface area contributed by atoms with E-state index in [0.29, 0.717) is 38.9 Å². The summed E-state index contributed by atoms with van der Waals surface area (Å²) in [6.45, 7) is 6.86. The van der Waals surface area contributed by atoms with Gasteiger partial charge in [0.05, 0.1) is 32.5 Å². The fraction of sp³-hybridized carbons (Fsp3) is 0.857. The summed E-state index contributed by atoms with van der Waals surface area (Å²) in [5, 5.41) is 19.7. The fourth-order valence-corrected chi connectivity index (χ4v) is 2.72. The van der Waals surface area contributed by atoms with Crippen LogP contribution in [0.4, 0.5) is 0 Å². The normalized spacial score (nSPS) is 12.4. The van der Waals surface area contributed by atoms with Crippen LogP contribution < -0.4 is 0 Å². The summed E-state index contributed by atoms with van der Waals surface area (Å²) >= 11 is 0. The Bertz CT molecular complexity index is 599. The molecule has 1 N–H and O–H groups in total. The molecular weight excluding hydrogens is 448 g/mol. The van der Waals surface area contributed by atoms with E-state index < -0.39 is 36.4 Å². The highest BCUT2D eigenvalue weighted by Gasteiger charge is 2.45. The first kappa shape index (κ1) is 32.1. The number of hydrazine groups is 3. The molecule has 0 saturated carbocycles. The first-order valence-corrected chi connectivity index (χ1v) is 11.5. The van der Waals surface area contributed by atoms with Crippen molar-refractivity contribution in [1.29, 1.82) is 0 Å². The molecule has 0 heterocycles. The second-order valence-corrected chi connectivity index (χ2v) is 8.46. The molecular formula is C21H44N6O7. The Hall–Kier alpha value is -1.87. The topological polar surface area (TPSA) is 119 Å². The number of hydrogen-bond donors (Lipinski definition) is 1. The van der Waals surface area contributed by atoms with E-state index in [2.05, 4.69) is 0 Å². The molecule has 0 aliphatic carbocycles. The molecule has 0 aliphatic rings. The maximum Gasteiger partial charge on any atom is 0.359 e.